The van der Waals surface area contributed by atoms with Crippen molar-refractivity contribution in [2.75, 3.05) is 19.7 Å². The van der Waals surface area contributed by atoms with Gasteiger partial charge in [-0.05, 0) is 37.0 Å². The summed E-state index contributed by atoms with van der Waals surface area (Å²) < 4.78 is 5.64. The summed E-state index contributed by atoms with van der Waals surface area (Å²) in [6.45, 7) is 1.82. The second kappa shape index (κ2) is 8.53. The molecule has 1 aliphatic rings. The molecule has 0 unspecified atom stereocenters. The highest BCUT2D eigenvalue weighted by molar-refractivity contribution is 5.76. The number of rotatable bonds is 6. The number of benzene rings is 2. The van der Waals surface area contributed by atoms with Crippen LogP contribution in [0.2, 0.25) is 0 Å². The van der Waals surface area contributed by atoms with Crippen LogP contribution in [-0.4, -0.2) is 30.5 Å². The van der Waals surface area contributed by atoms with Gasteiger partial charge >= 0.3 is 0 Å². The number of nitrogens with zero attached hydrogens (tertiary/aromatic N) is 2. The van der Waals surface area contributed by atoms with E-state index in [-0.39, 0.29) is 5.91 Å². The van der Waals surface area contributed by atoms with Crippen LogP contribution >= 0.6 is 0 Å². The van der Waals surface area contributed by atoms with Gasteiger partial charge in [-0.25, -0.2) is 0 Å². The minimum Gasteiger partial charge on any atom is -0.494 e. The highest BCUT2D eigenvalue weighted by atomic mass is 16.5. The molecule has 26 heavy (non-hydrogen) atoms. The zero-order chi connectivity index (χ0) is 18.2. The van der Waals surface area contributed by atoms with E-state index >= 15 is 0 Å². The molecule has 1 amide bonds. The molecule has 0 spiro atoms. The molecule has 1 saturated heterocycles. The van der Waals surface area contributed by atoms with Gasteiger partial charge in [0.1, 0.15) is 5.75 Å². The molecule has 2 aromatic rings. The van der Waals surface area contributed by atoms with Crippen LogP contribution < -0.4 is 4.74 Å². The second-order valence-electron chi connectivity index (χ2n) is 6.71. The van der Waals surface area contributed by atoms with E-state index in [1.165, 1.54) is 0 Å². The summed E-state index contributed by atoms with van der Waals surface area (Å²) in [5.41, 5.74) is 0.597. The summed E-state index contributed by atoms with van der Waals surface area (Å²) in [4.78, 5) is 14.3. The first-order chi connectivity index (χ1) is 12.7. The van der Waals surface area contributed by atoms with Gasteiger partial charge in [-0.1, -0.05) is 48.5 Å². The minimum atomic E-state index is -0.464. The van der Waals surface area contributed by atoms with Gasteiger partial charge in [-0.3, -0.25) is 4.79 Å². The number of para-hydroxylation sites is 1. The van der Waals surface area contributed by atoms with E-state index in [2.05, 4.69) is 6.07 Å². The number of carbonyl (C=O) groups is 1. The van der Waals surface area contributed by atoms with Crippen LogP contribution in [0.5, 0.6) is 5.75 Å². The summed E-state index contributed by atoms with van der Waals surface area (Å²) in [5.74, 6) is 0.987. The summed E-state index contributed by atoms with van der Waals surface area (Å²) in [6, 6.07) is 22.1. The number of hydrogen-bond acceptors (Lipinski definition) is 3. The van der Waals surface area contributed by atoms with Crippen molar-refractivity contribution >= 4 is 5.91 Å². The molecule has 0 radical (unpaired) electrons. The molecule has 0 N–H and O–H groups in total. The second-order valence-corrected chi connectivity index (χ2v) is 6.71. The van der Waals surface area contributed by atoms with Crippen LogP contribution in [0.4, 0.5) is 0 Å². The highest BCUT2D eigenvalue weighted by Crippen LogP contribution is 2.35. The van der Waals surface area contributed by atoms with Gasteiger partial charge < -0.3 is 9.64 Å². The molecule has 0 atom stereocenters. The van der Waals surface area contributed by atoms with Crippen molar-refractivity contribution in [1.29, 1.82) is 5.26 Å². The average Bonchev–Trinajstić information content (AvgIpc) is 2.72. The van der Waals surface area contributed by atoms with E-state index in [9.17, 15) is 10.1 Å². The summed E-state index contributed by atoms with van der Waals surface area (Å²) in [5, 5.41) is 9.73. The van der Waals surface area contributed by atoms with E-state index in [4.69, 9.17) is 4.74 Å². The first-order valence-corrected chi connectivity index (χ1v) is 9.16. The Bertz CT molecular complexity index is 745. The topological polar surface area (TPSA) is 53.3 Å². The smallest absolute Gasteiger partial charge is 0.222 e. The number of piperidine rings is 1. The summed E-state index contributed by atoms with van der Waals surface area (Å²) in [7, 11) is 0. The van der Waals surface area contributed by atoms with Crippen LogP contribution in [0.15, 0.2) is 60.7 Å². The molecule has 4 heteroatoms. The summed E-state index contributed by atoms with van der Waals surface area (Å²) >= 11 is 0. The molecule has 0 aromatic heterocycles. The lowest BCUT2D eigenvalue weighted by molar-refractivity contribution is -0.132. The molecule has 0 aliphatic carbocycles. The number of ether oxygens (including phenoxy) is 1. The third kappa shape index (κ3) is 4.23. The fourth-order valence-electron chi connectivity index (χ4n) is 3.45. The summed E-state index contributed by atoms with van der Waals surface area (Å²) in [6.07, 6.45) is 2.57. The van der Waals surface area contributed by atoms with Crippen molar-refractivity contribution in [2.45, 2.75) is 31.1 Å². The van der Waals surface area contributed by atoms with Crippen LogP contribution in [0.3, 0.4) is 0 Å². The molecular formula is C22H24N2O2. The molecule has 134 valence electrons. The molecule has 0 saturated carbocycles. The molecular weight excluding hydrogens is 324 g/mol. The number of nitriles is 1. The van der Waals surface area contributed by atoms with Crippen molar-refractivity contribution in [3.8, 4) is 11.8 Å². The van der Waals surface area contributed by atoms with Gasteiger partial charge in [-0.2, -0.15) is 5.26 Å². The maximum absolute atomic E-state index is 12.4. The number of likely N-dealkylation sites (tertiary alicyclic amines) is 1. The molecule has 1 heterocycles. The largest absolute Gasteiger partial charge is 0.494 e. The predicted octanol–water partition coefficient (Wildman–Crippen LogP) is 3.93. The first kappa shape index (κ1) is 18.0. The fourth-order valence-corrected chi connectivity index (χ4v) is 3.45. The van der Waals surface area contributed by atoms with Crippen LogP contribution in [-0.2, 0) is 10.2 Å². The Kier molecular flexibility index (Phi) is 5.91. The SMILES string of the molecule is N#CC1(c2ccccc2)CCN(C(=O)CCCOc2ccccc2)CC1. The van der Waals surface area contributed by atoms with Gasteiger partial charge in [0.05, 0.1) is 18.1 Å². The van der Waals surface area contributed by atoms with E-state index in [0.29, 0.717) is 45.4 Å². The predicted molar refractivity (Wildman–Crippen MR) is 101 cm³/mol. The van der Waals surface area contributed by atoms with Gasteiger partial charge in [0.25, 0.3) is 0 Å². The Balaban J connectivity index is 1.45. The van der Waals surface area contributed by atoms with Gasteiger partial charge in [0, 0.05) is 19.5 Å². The van der Waals surface area contributed by atoms with Crippen LogP contribution in [0.25, 0.3) is 0 Å². The Morgan fingerprint density at radius 3 is 2.27 bits per heavy atom. The lowest BCUT2D eigenvalue weighted by Gasteiger charge is -2.37. The zero-order valence-corrected chi connectivity index (χ0v) is 14.9. The van der Waals surface area contributed by atoms with Gasteiger partial charge in [-0.15, -0.1) is 0 Å². The van der Waals surface area contributed by atoms with Crippen molar-refractivity contribution in [1.82, 2.24) is 4.90 Å². The minimum absolute atomic E-state index is 0.154. The molecule has 2 aromatic carbocycles. The quantitative estimate of drug-likeness (QED) is 0.743. The van der Waals surface area contributed by atoms with Crippen LogP contribution in [0.1, 0.15) is 31.2 Å². The Labute approximate surface area is 155 Å². The number of amides is 1. The van der Waals surface area contributed by atoms with Crippen LogP contribution in [0, 0.1) is 11.3 Å². The standard InChI is InChI=1S/C22H24N2O2/c23-18-22(19-8-3-1-4-9-19)13-15-24(16-14-22)21(25)12-7-17-26-20-10-5-2-6-11-20/h1-6,8-11H,7,12-17H2. The van der Waals surface area contributed by atoms with Crippen molar-refractivity contribution in [3.63, 3.8) is 0 Å². The van der Waals surface area contributed by atoms with Gasteiger partial charge in [0.2, 0.25) is 5.91 Å². The lowest BCUT2D eigenvalue weighted by atomic mass is 9.74. The first-order valence-electron chi connectivity index (χ1n) is 9.16. The number of carbonyl (C=O) groups excluding carboxylic acids is 1. The third-order valence-electron chi connectivity index (χ3n) is 5.06. The average molecular weight is 348 g/mol. The Hall–Kier alpha value is -2.80. The molecule has 0 bridgehead atoms. The zero-order valence-electron chi connectivity index (χ0n) is 14.9. The van der Waals surface area contributed by atoms with Crippen molar-refractivity contribution in [3.05, 3.63) is 66.2 Å². The highest BCUT2D eigenvalue weighted by Gasteiger charge is 2.37. The van der Waals surface area contributed by atoms with E-state index in [1.807, 2.05) is 65.6 Å². The van der Waals surface area contributed by atoms with Crippen molar-refractivity contribution < 1.29 is 9.53 Å². The van der Waals surface area contributed by atoms with Gasteiger partial charge in [0.15, 0.2) is 0 Å². The maximum Gasteiger partial charge on any atom is 0.222 e. The Morgan fingerprint density at radius 1 is 1.04 bits per heavy atom. The maximum atomic E-state index is 12.4. The van der Waals surface area contributed by atoms with E-state index < -0.39 is 5.41 Å². The third-order valence-corrected chi connectivity index (χ3v) is 5.06. The van der Waals surface area contributed by atoms with E-state index in [1.54, 1.807) is 0 Å². The monoisotopic (exact) mass is 348 g/mol. The molecule has 1 aliphatic heterocycles. The van der Waals surface area contributed by atoms with E-state index in [0.717, 1.165) is 11.3 Å². The lowest BCUT2D eigenvalue weighted by Crippen LogP contribution is -2.44. The fraction of sp³-hybridized carbons (Fsp3) is 0.364. The Morgan fingerprint density at radius 2 is 1.65 bits per heavy atom. The molecule has 1 fully saturated rings. The molecule has 4 nitrogen and oxygen atoms in total. The molecule has 3 rings (SSSR count). The van der Waals surface area contributed by atoms with Crippen molar-refractivity contribution in [2.24, 2.45) is 0 Å². The number of hydrogen-bond donors (Lipinski definition) is 0. The normalized spacial score (nSPS) is 15.9.